The van der Waals surface area contributed by atoms with Gasteiger partial charge in [0.15, 0.2) is 0 Å². The molecule has 162 valence electrons. The van der Waals surface area contributed by atoms with E-state index in [9.17, 15) is 0 Å². The minimum atomic E-state index is 0.149. The van der Waals surface area contributed by atoms with Crippen LogP contribution >= 0.6 is 0 Å². The molecule has 2 aromatic carbocycles. The number of benzene rings is 2. The molecular formula is C26H33N5. The molecule has 1 fully saturated rings. The van der Waals surface area contributed by atoms with Crippen molar-refractivity contribution < 1.29 is 0 Å². The Morgan fingerprint density at radius 3 is 2.23 bits per heavy atom. The van der Waals surface area contributed by atoms with Crippen LogP contribution < -0.4 is 17.2 Å². The van der Waals surface area contributed by atoms with Gasteiger partial charge in [-0.1, -0.05) is 60.7 Å². The lowest BCUT2D eigenvalue weighted by molar-refractivity contribution is 0.180. The number of rotatable bonds is 7. The Labute approximate surface area is 185 Å². The highest BCUT2D eigenvalue weighted by molar-refractivity contribution is 5.68. The molecule has 4 rings (SSSR count). The van der Waals surface area contributed by atoms with Crippen molar-refractivity contribution in [3.8, 4) is 0 Å². The lowest BCUT2D eigenvalue weighted by Crippen LogP contribution is -2.35. The van der Waals surface area contributed by atoms with E-state index in [0.29, 0.717) is 17.3 Å². The summed E-state index contributed by atoms with van der Waals surface area (Å²) in [4.78, 5) is 6.71. The third-order valence-corrected chi connectivity index (χ3v) is 6.53. The monoisotopic (exact) mass is 415 g/mol. The zero-order chi connectivity index (χ0) is 21.6. The van der Waals surface area contributed by atoms with Gasteiger partial charge in [-0.2, -0.15) is 0 Å². The number of hydrogen-bond donors (Lipinski definition) is 3. The van der Waals surface area contributed by atoms with Gasteiger partial charge in [-0.15, -0.1) is 0 Å². The van der Waals surface area contributed by atoms with Gasteiger partial charge in [-0.25, -0.2) is 4.98 Å². The number of hydrogen-bond acceptors (Lipinski definition) is 5. The van der Waals surface area contributed by atoms with E-state index in [2.05, 4.69) is 64.5 Å². The topological polar surface area (TPSA) is 94.2 Å². The van der Waals surface area contributed by atoms with Gasteiger partial charge >= 0.3 is 0 Å². The summed E-state index contributed by atoms with van der Waals surface area (Å²) in [5.41, 5.74) is 22.6. The summed E-state index contributed by atoms with van der Waals surface area (Å²) in [6.07, 6.45) is 4.66. The van der Waals surface area contributed by atoms with Crippen molar-refractivity contribution in [1.29, 1.82) is 0 Å². The molecule has 1 atom stereocenters. The lowest BCUT2D eigenvalue weighted by atomic mass is 9.86. The number of pyridine rings is 1. The quantitative estimate of drug-likeness (QED) is 0.535. The Kier molecular flexibility index (Phi) is 6.73. The smallest absolute Gasteiger partial charge is 0.149 e. The fourth-order valence-corrected chi connectivity index (χ4v) is 4.77. The summed E-state index contributed by atoms with van der Waals surface area (Å²) in [6.45, 7) is 3.32. The predicted octanol–water partition coefficient (Wildman–Crippen LogP) is 4.30. The minimum Gasteiger partial charge on any atom is -0.396 e. The van der Waals surface area contributed by atoms with Crippen LogP contribution in [0.25, 0.3) is 0 Å². The second-order valence-electron chi connectivity index (χ2n) is 8.66. The van der Waals surface area contributed by atoms with Crippen LogP contribution in [0.3, 0.4) is 0 Å². The van der Waals surface area contributed by atoms with Crippen molar-refractivity contribution in [3.63, 3.8) is 0 Å². The van der Waals surface area contributed by atoms with Gasteiger partial charge in [0.2, 0.25) is 0 Å². The Morgan fingerprint density at radius 1 is 0.903 bits per heavy atom. The molecule has 0 aliphatic carbocycles. The molecule has 1 aliphatic heterocycles. The Hall–Kier alpha value is -3.05. The first-order chi connectivity index (χ1) is 15.1. The van der Waals surface area contributed by atoms with Gasteiger partial charge in [0.25, 0.3) is 0 Å². The highest BCUT2D eigenvalue weighted by atomic mass is 15.1. The zero-order valence-corrected chi connectivity index (χ0v) is 18.1. The van der Waals surface area contributed by atoms with Gasteiger partial charge in [-0.05, 0) is 74.0 Å². The fourth-order valence-electron chi connectivity index (χ4n) is 4.77. The Bertz CT molecular complexity index is 966. The second-order valence-corrected chi connectivity index (χ2v) is 8.66. The number of nitrogen functional groups attached to an aromatic ring is 3. The number of anilines is 3. The predicted molar refractivity (Wildman–Crippen MR) is 130 cm³/mol. The van der Waals surface area contributed by atoms with Crippen molar-refractivity contribution in [2.75, 3.05) is 36.8 Å². The SMILES string of the molecule is Nc1cc(C(CCN2CCC(Cc3ccccc3)CC2)c2ccccc2)c(N)c(N)n1. The van der Waals surface area contributed by atoms with Crippen LogP contribution in [0.2, 0.25) is 0 Å². The largest absolute Gasteiger partial charge is 0.396 e. The van der Waals surface area contributed by atoms with Gasteiger partial charge in [0, 0.05) is 5.92 Å². The average molecular weight is 416 g/mol. The van der Waals surface area contributed by atoms with E-state index in [1.807, 2.05) is 12.1 Å². The van der Waals surface area contributed by atoms with Gasteiger partial charge in [-0.3, -0.25) is 0 Å². The van der Waals surface area contributed by atoms with E-state index in [4.69, 9.17) is 17.2 Å². The summed E-state index contributed by atoms with van der Waals surface area (Å²) in [7, 11) is 0. The van der Waals surface area contributed by atoms with E-state index in [1.165, 1.54) is 30.4 Å². The second kappa shape index (κ2) is 9.84. The molecule has 0 bridgehead atoms. The van der Waals surface area contributed by atoms with E-state index < -0.39 is 0 Å². The molecule has 31 heavy (non-hydrogen) atoms. The minimum absolute atomic E-state index is 0.149. The molecule has 0 radical (unpaired) electrons. The van der Waals surface area contributed by atoms with Crippen molar-refractivity contribution >= 4 is 17.3 Å². The molecule has 6 N–H and O–H groups in total. The highest BCUT2D eigenvalue weighted by Crippen LogP contribution is 2.35. The van der Waals surface area contributed by atoms with Gasteiger partial charge in [0.05, 0.1) is 5.69 Å². The molecule has 1 saturated heterocycles. The van der Waals surface area contributed by atoms with E-state index >= 15 is 0 Å². The van der Waals surface area contributed by atoms with Crippen LogP contribution in [-0.2, 0) is 6.42 Å². The number of likely N-dealkylation sites (tertiary alicyclic amines) is 1. The molecule has 0 saturated carbocycles. The molecule has 1 unspecified atom stereocenters. The highest BCUT2D eigenvalue weighted by Gasteiger charge is 2.23. The number of nitrogens with zero attached hydrogens (tertiary/aromatic N) is 2. The van der Waals surface area contributed by atoms with E-state index in [0.717, 1.165) is 37.5 Å². The van der Waals surface area contributed by atoms with Crippen molar-refractivity contribution in [3.05, 3.63) is 83.4 Å². The number of aromatic nitrogens is 1. The van der Waals surface area contributed by atoms with Crippen LogP contribution in [-0.4, -0.2) is 29.5 Å². The van der Waals surface area contributed by atoms with E-state index in [1.54, 1.807) is 0 Å². The maximum atomic E-state index is 6.33. The van der Waals surface area contributed by atoms with Crippen LogP contribution in [0.5, 0.6) is 0 Å². The van der Waals surface area contributed by atoms with Crippen molar-refractivity contribution in [1.82, 2.24) is 9.88 Å². The molecule has 3 aromatic rings. The third-order valence-electron chi connectivity index (χ3n) is 6.53. The van der Waals surface area contributed by atoms with Crippen LogP contribution in [0.1, 0.15) is 41.9 Å². The van der Waals surface area contributed by atoms with Crippen LogP contribution in [0.4, 0.5) is 17.3 Å². The summed E-state index contributed by atoms with van der Waals surface area (Å²) in [5.74, 6) is 1.66. The molecule has 1 aromatic heterocycles. The average Bonchev–Trinajstić information content (AvgIpc) is 2.79. The summed E-state index contributed by atoms with van der Waals surface area (Å²) >= 11 is 0. The molecule has 0 spiro atoms. The molecule has 5 nitrogen and oxygen atoms in total. The standard InChI is InChI=1S/C26H33N5/c27-24-18-23(25(28)26(29)30-24)22(21-9-5-2-6-10-21)13-16-31-14-11-20(12-15-31)17-19-7-3-1-4-8-19/h1-10,18,20,22H,11-17,28H2,(H4,27,29,30). The normalized spacial score (nSPS) is 16.3. The molecular weight excluding hydrogens is 382 g/mol. The van der Waals surface area contributed by atoms with E-state index in [-0.39, 0.29) is 5.92 Å². The first kappa shape index (κ1) is 21.2. The van der Waals surface area contributed by atoms with Gasteiger partial charge < -0.3 is 22.1 Å². The Morgan fingerprint density at radius 2 is 1.55 bits per heavy atom. The summed E-state index contributed by atoms with van der Waals surface area (Å²) < 4.78 is 0. The summed E-state index contributed by atoms with van der Waals surface area (Å²) in [5, 5.41) is 0. The molecule has 2 heterocycles. The number of piperidine rings is 1. The number of nitrogens with two attached hydrogens (primary N) is 3. The summed E-state index contributed by atoms with van der Waals surface area (Å²) in [6, 6.07) is 23.2. The molecule has 5 heteroatoms. The lowest BCUT2D eigenvalue weighted by Gasteiger charge is -2.33. The van der Waals surface area contributed by atoms with Crippen molar-refractivity contribution in [2.45, 2.75) is 31.6 Å². The van der Waals surface area contributed by atoms with Crippen molar-refractivity contribution in [2.24, 2.45) is 5.92 Å². The van der Waals surface area contributed by atoms with Gasteiger partial charge in [0.1, 0.15) is 11.6 Å². The molecule has 1 aliphatic rings. The molecule has 0 amide bonds. The third kappa shape index (κ3) is 5.36. The first-order valence-corrected chi connectivity index (χ1v) is 11.2. The van der Waals surface area contributed by atoms with Crippen LogP contribution in [0.15, 0.2) is 66.7 Å². The maximum absolute atomic E-state index is 6.33. The first-order valence-electron chi connectivity index (χ1n) is 11.2. The Balaban J connectivity index is 1.41. The van der Waals surface area contributed by atoms with Crippen LogP contribution in [0, 0.1) is 5.92 Å². The fraction of sp³-hybridized carbons (Fsp3) is 0.346. The maximum Gasteiger partial charge on any atom is 0.149 e. The zero-order valence-electron chi connectivity index (χ0n) is 18.1.